The number of hydrogen-bond acceptors (Lipinski definition) is 4. The van der Waals surface area contributed by atoms with Gasteiger partial charge in [-0.1, -0.05) is 121 Å². The van der Waals surface area contributed by atoms with Crippen LogP contribution in [-0.2, 0) is 0 Å². The van der Waals surface area contributed by atoms with Crippen LogP contribution in [0.3, 0.4) is 0 Å². The van der Waals surface area contributed by atoms with Crippen LogP contribution in [0.25, 0.3) is 71.3 Å². The molecule has 0 saturated carbocycles. The third-order valence-electron chi connectivity index (χ3n) is 11.0. The highest BCUT2D eigenvalue weighted by Crippen LogP contribution is 2.49. The van der Waals surface area contributed by atoms with Gasteiger partial charge in [-0.25, -0.2) is 0 Å². The highest BCUT2D eigenvalue weighted by molar-refractivity contribution is 6.27. The molecule has 0 unspecified atom stereocenters. The second-order valence-electron chi connectivity index (χ2n) is 14.2. The highest BCUT2D eigenvalue weighted by atomic mass is 16.3. The molecule has 11 aromatic rings. The molecule has 11 rings (SSSR count). The van der Waals surface area contributed by atoms with Crippen LogP contribution in [0.15, 0.2) is 173 Å². The van der Waals surface area contributed by atoms with Crippen LogP contribution in [0.5, 0.6) is 0 Å². The predicted octanol–water partition coefficient (Wildman–Crippen LogP) is 14.8. The van der Waals surface area contributed by atoms with Crippen molar-refractivity contribution in [2.75, 3.05) is 9.80 Å². The van der Waals surface area contributed by atoms with Gasteiger partial charge >= 0.3 is 0 Å². The van der Waals surface area contributed by atoms with E-state index in [4.69, 9.17) is 15.3 Å². The van der Waals surface area contributed by atoms with E-state index in [2.05, 4.69) is 167 Å². The zero-order valence-electron chi connectivity index (χ0n) is 31.0. The Bertz CT molecular complexity index is 3380. The maximum absolute atomic E-state index is 6.64. The van der Waals surface area contributed by atoms with Gasteiger partial charge in [-0.2, -0.15) is 0 Å². The zero-order chi connectivity index (χ0) is 38.0. The van der Waals surface area contributed by atoms with Gasteiger partial charge < -0.3 is 18.6 Å². The van der Waals surface area contributed by atoms with Crippen molar-refractivity contribution in [2.24, 2.45) is 0 Å². The number of anilines is 6. The van der Waals surface area contributed by atoms with Crippen molar-refractivity contribution in [3.63, 3.8) is 0 Å². The number of hydrogen-bond donors (Lipinski definition) is 0. The van der Waals surface area contributed by atoms with Crippen LogP contribution in [-0.4, -0.2) is 0 Å². The molecule has 4 heteroatoms. The van der Waals surface area contributed by atoms with Gasteiger partial charge in [0, 0.05) is 54.6 Å². The second-order valence-corrected chi connectivity index (χ2v) is 14.2. The number of terminal acetylenes is 1. The molecular formula is C53H32N2O2. The first-order valence-electron chi connectivity index (χ1n) is 19.0. The Balaban J connectivity index is 1.19. The van der Waals surface area contributed by atoms with Crippen molar-refractivity contribution < 1.29 is 8.83 Å². The summed E-state index contributed by atoms with van der Waals surface area (Å²) < 4.78 is 13.1. The van der Waals surface area contributed by atoms with E-state index in [0.29, 0.717) is 5.76 Å². The average Bonchev–Trinajstić information content (AvgIpc) is 3.84. The van der Waals surface area contributed by atoms with Crippen molar-refractivity contribution in [3.05, 3.63) is 187 Å². The van der Waals surface area contributed by atoms with Gasteiger partial charge in [-0.15, -0.1) is 6.42 Å². The highest BCUT2D eigenvalue weighted by Gasteiger charge is 2.25. The van der Waals surface area contributed by atoms with Gasteiger partial charge in [0.25, 0.3) is 0 Å². The molecule has 266 valence electrons. The summed E-state index contributed by atoms with van der Waals surface area (Å²) in [6.45, 7) is 1.99. The van der Waals surface area contributed by atoms with Gasteiger partial charge in [0.1, 0.15) is 5.58 Å². The lowest BCUT2D eigenvalue weighted by Crippen LogP contribution is -2.11. The van der Waals surface area contributed by atoms with Crippen LogP contribution in [0.1, 0.15) is 18.2 Å². The molecule has 0 saturated heterocycles. The van der Waals surface area contributed by atoms with Crippen molar-refractivity contribution in [3.8, 4) is 12.3 Å². The minimum atomic E-state index is 0.507. The number of para-hydroxylation sites is 5. The van der Waals surface area contributed by atoms with Crippen LogP contribution in [0, 0.1) is 24.5 Å². The lowest BCUT2D eigenvalue weighted by Gasteiger charge is -2.28. The van der Waals surface area contributed by atoms with Crippen molar-refractivity contribution >= 4 is 105 Å². The molecule has 0 radical (unpaired) electrons. The number of benzene rings is 8. The lowest BCUT2D eigenvalue weighted by molar-refractivity contribution is 0.601. The molecule has 2 aromatic heterocycles. The minimum Gasteiger partial charge on any atom is -0.454 e. The van der Waals surface area contributed by atoms with Gasteiger partial charge in [0.2, 0.25) is 0 Å². The standard InChI is InChI=1S/C53H32N2O2/c1-3-15-38-40-21-13-23-46(52(40)56-48(38)4-2)54(36-16-7-5-8-17-36)44-32-28-34-27-31-43-45(33-29-35-26-30-42(44)50(34)51(35)43)55(37-18-9-6-10-19-37)47-24-14-22-41-39-20-11-12-25-49(39)57-53(41)47/h2-3,5-25,27-29,31-33H,1H3/b15-3-. The molecule has 0 fully saturated rings. The van der Waals surface area contributed by atoms with Crippen molar-refractivity contribution in [2.45, 2.75) is 6.92 Å². The molecule has 4 nitrogen and oxygen atoms in total. The summed E-state index contributed by atoms with van der Waals surface area (Å²) in [5.74, 6) is 3.28. The Labute approximate surface area is 329 Å². The maximum Gasteiger partial charge on any atom is 0.185 e. The number of fused-ring (bicyclic) bond motifs is 4. The normalized spacial score (nSPS) is 11.7. The number of rotatable bonds is 7. The summed E-state index contributed by atoms with van der Waals surface area (Å²) in [7, 11) is 0. The Morgan fingerprint density at radius 2 is 1.16 bits per heavy atom. The molecule has 2 heterocycles. The van der Waals surface area contributed by atoms with E-state index in [1.165, 1.54) is 0 Å². The summed E-state index contributed by atoms with van der Waals surface area (Å²) >= 11 is 0. The molecule has 0 aliphatic carbocycles. The molecule has 0 N–H and O–H groups in total. The average molecular weight is 729 g/mol. The monoisotopic (exact) mass is 728 g/mol. The largest absolute Gasteiger partial charge is 0.454 e. The van der Waals surface area contributed by atoms with E-state index in [0.717, 1.165) is 105 Å². The molecule has 9 aromatic carbocycles. The summed E-state index contributed by atoms with van der Waals surface area (Å²) in [5, 5.41) is 9.52. The fourth-order valence-corrected chi connectivity index (χ4v) is 8.59. The predicted molar refractivity (Wildman–Crippen MR) is 237 cm³/mol. The van der Waals surface area contributed by atoms with Crippen molar-refractivity contribution in [1.29, 1.82) is 0 Å². The third-order valence-corrected chi connectivity index (χ3v) is 11.0. The minimum absolute atomic E-state index is 0.507. The topological polar surface area (TPSA) is 32.8 Å². The Morgan fingerprint density at radius 3 is 1.89 bits per heavy atom. The Kier molecular flexibility index (Phi) is 7.33. The van der Waals surface area contributed by atoms with Crippen LogP contribution < -0.4 is 9.80 Å². The van der Waals surface area contributed by atoms with Gasteiger partial charge in [0.15, 0.2) is 16.9 Å². The molecule has 57 heavy (non-hydrogen) atoms. The molecule has 0 bridgehead atoms. The number of nitrogens with zero attached hydrogens (tertiary/aromatic N) is 2. The molecule has 0 aliphatic heterocycles. The van der Waals surface area contributed by atoms with E-state index in [1.54, 1.807) is 0 Å². The third kappa shape index (κ3) is 4.92. The Morgan fingerprint density at radius 1 is 0.526 bits per heavy atom. The molecule has 0 spiro atoms. The quantitative estimate of drug-likeness (QED) is 0.121. The summed E-state index contributed by atoms with van der Waals surface area (Å²) in [6.07, 6.45) is 10.00. The van der Waals surface area contributed by atoms with E-state index < -0.39 is 0 Å². The first-order chi connectivity index (χ1) is 28.2. The molecular weight excluding hydrogens is 697 g/mol. The fraction of sp³-hybridized carbons (Fsp3) is 0.0189. The zero-order valence-corrected chi connectivity index (χ0v) is 31.0. The molecule has 0 aliphatic rings. The van der Waals surface area contributed by atoms with E-state index >= 15 is 0 Å². The summed E-state index contributed by atoms with van der Waals surface area (Å²) in [6, 6.07) is 62.2. The van der Waals surface area contributed by atoms with Crippen LogP contribution in [0.2, 0.25) is 0 Å². The summed E-state index contributed by atoms with van der Waals surface area (Å²) in [5.41, 5.74) is 9.16. The van der Waals surface area contributed by atoms with Crippen LogP contribution in [0.4, 0.5) is 34.1 Å². The molecule has 0 atom stereocenters. The first-order valence-corrected chi connectivity index (χ1v) is 19.0. The SMILES string of the molecule is C#Cc1oc2c(N(c3ccccc3)c3ccc4ccc5c(N(c6ccccc6)c6cccc7c6oc6ccccc67)ccc6c#cc3c4c65)cccc2c1/C=C\C. The smallest absolute Gasteiger partial charge is 0.185 e. The van der Waals surface area contributed by atoms with E-state index in [-0.39, 0.29) is 0 Å². The van der Waals surface area contributed by atoms with E-state index in [1.807, 2.05) is 37.3 Å². The second kappa shape index (κ2) is 12.8. The maximum atomic E-state index is 6.64. The van der Waals surface area contributed by atoms with E-state index in [9.17, 15) is 0 Å². The number of furan rings is 2. The van der Waals surface area contributed by atoms with Gasteiger partial charge in [-0.3, -0.25) is 0 Å². The van der Waals surface area contributed by atoms with Crippen LogP contribution >= 0.6 is 0 Å². The van der Waals surface area contributed by atoms with Crippen molar-refractivity contribution in [1.82, 2.24) is 0 Å². The summed E-state index contributed by atoms with van der Waals surface area (Å²) in [4.78, 5) is 4.57. The molecule has 0 amide bonds. The Hall–Kier alpha value is -7.92. The van der Waals surface area contributed by atoms with Gasteiger partial charge in [-0.05, 0) is 78.9 Å². The first kappa shape index (κ1) is 32.5. The van der Waals surface area contributed by atoms with Gasteiger partial charge in [0.05, 0.1) is 28.1 Å². The fourth-order valence-electron chi connectivity index (χ4n) is 8.59. The number of allylic oxidation sites excluding steroid dienone is 1. The lowest BCUT2D eigenvalue weighted by atomic mass is 9.93.